The molecule has 2 N–H and O–H groups in total. The van der Waals surface area contributed by atoms with E-state index in [-0.39, 0.29) is 0 Å². The maximum atomic E-state index is 9.77. The van der Waals surface area contributed by atoms with Crippen molar-refractivity contribution < 1.29 is 9.84 Å². The van der Waals surface area contributed by atoms with Crippen LogP contribution in [0.4, 0.5) is 5.69 Å². The standard InChI is InChI=1S/C13H21ClN2O2/c1-15-7-10-5-4-6-12(14)13(10)16(2)8-11(17)9-18-3/h4-6,11,15,17H,7-9H2,1-3H3. The van der Waals surface area contributed by atoms with E-state index in [2.05, 4.69) is 5.32 Å². The molecule has 0 aliphatic carbocycles. The predicted octanol–water partition coefficient (Wildman–Crippen LogP) is 1.50. The highest BCUT2D eigenvalue weighted by molar-refractivity contribution is 6.33. The molecule has 1 atom stereocenters. The number of benzene rings is 1. The first-order valence-corrected chi connectivity index (χ1v) is 6.28. The minimum absolute atomic E-state index is 0.316. The smallest absolute Gasteiger partial charge is 0.0947 e. The molecule has 0 amide bonds. The van der Waals surface area contributed by atoms with E-state index in [0.29, 0.717) is 18.2 Å². The summed E-state index contributed by atoms with van der Waals surface area (Å²) >= 11 is 6.24. The van der Waals surface area contributed by atoms with E-state index in [1.807, 2.05) is 37.2 Å². The molecule has 0 radical (unpaired) electrons. The molecule has 1 aromatic carbocycles. The van der Waals surface area contributed by atoms with Gasteiger partial charge in [0.15, 0.2) is 0 Å². The largest absolute Gasteiger partial charge is 0.389 e. The number of likely N-dealkylation sites (N-methyl/N-ethyl adjacent to an activating group) is 1. The summed E-state index contributed by atoms with van der Waals surface area (Å²) in [5.74, 6) is 0. The van der Waals surface area contributed by atoms with Gasteiger partial charge in [0.1, 0.15) is 0 Å². The Bertz CT molecular complexity index is 374. The molecule has 0 spiro atoms. The SMILES string of the molecule is CNCc1cccc(Cl)c1N(C)CC(O)COC. The van der Waals surface area contributed by atoms with E-state index in [0.717, 1.165) is 17.8 Å². The van der Waals surface area contributed by atoms with E-state index in [1.165, 1.54) is 0 Å². The second-order valence-corrected chi connectivity index (χ2v) is 4.67. The van der Waals surface area contributed by atoms with Gasteiger partial charge in [-0.05, 0) is 18.7 Å². The topological polar surface area (TPSA) is 44.7 Å². The third-order valence-electron chi connectivity index (χ3n) is 2.66. The number of aliphatic hydroxyl groups is 1. The summed E-state index contributed by atoms with van der Waals surface area (Å²) in [6, 6.07) is 5.81. The molecule has 0 bridgehead atoms. The van der Waals surface area contributed by atoms with Crippen molar-refractivity contribution in [3.05, 3.63) is 28.8 Å². The van der Waals surface area contributed by atoms with E-state index >= 15 is 0 Å². The molecule has 1 unspecified atom stereocenters. The van der Waals surface area contributed by atoms with Gasteiger partial charge in [0.2, 0.25) is 0 Å². The van der Waals surface area contributed by atoms with E-state index in [4.69, 9.17) is 16.3 Å². The average Bonchev–Trinajstić information content (AvgIpc) is 2.29. The molecule has 0 aliphatic heterocycles. The van der Waals surface area contributed by atoms with Crippen LogP contribution in [0.1, 0.15) is 5.56 Å². The zero-order valence-electron chi connectivity index (χ0n) is 11.1. The lowest BCUT2D eigenvalue weighted by Gasteiger charge is -2.26. The molecule has 0 saturated carbocycles. The fourth-order valence-electron chi connectivity index (χ4n) is 1.97. The van der Waals surface area contributed by atoms with E-state index in [9.17, 15) is 5.11 Å². The van der Waals surface area contributed by atoms with Gasteiger partial charge in [-0.25, -0.2) is 0 Å². The highest BCUT2D eigenvalue weighted by Crippen LogP contribution is 2.29. The van der Waals surface area contributed by atoms with Gasteiger partial charge < -0.3 is 20.1 Å². The molecule has 0 aliphatic rings. The lowest BCUT2D eigenvalue weighted by Crippen LogP contribution is -2.32. The molecule has 4 nitrogen and oxygen atoms in total. The quantitative estimate of drug-likeness (QED) is 0.790. The van der Waals surface area contributed by atoms with Crippen LogP contribution in [0.3, 0.4) is 0 Å². The van der Waals surface area contributed by atoms with Crippen molar-refractivity contribution in [3.8, 4) is 0 Å². The number of nitrogens with zero attached hydrogens (tertiary/aromatic N) is 1. The normalized spacial score (nSPS) is 12.5. The average molecular weight is 273 g/mol. The molecule has 1 aromatic rings. The lowest BCUT2D eigenvalue weighted by atomic mass is 10.1. The van der Waals surface area contributed by atoms with Crippen molar-refractivity contribution in [2.24, 2.45) is 0 Å². The van der Waals surface area contributed by atoms with Crippen LogP contribution in [-0.4, -0.2) is 45.6 Å². The lowest BCUT2D eigenvalue weighted by molar-refractivity contribution is 0.0695. The Morgan fingerprint density at radius 3 is 2.83 bits per heavy atom. The molecule has 102 valence electrons. The summed E-state index contributed by atoms with van der Waals surface area (Å²) < 4.78 is 4.93. The first-order chi connectivity index (χ1) is 8.60. The monoisotopic (exact) mass is 272 g/mol. The fraction of sp³-hybridized carbons (Fsp3) is 0.538. The Kier molecular flexibility index (Phi) is 6.43. The fourth-order valence-corrected chi connectivity index (χ4v) is 2.31. The highest BCUT2D eigenvalue weighted by atomic mass is 35.5. The Morgan fingerprint density at radius 1 is 1.50 bits per heavy atom. The number of nitrogens with one attached hydrogen (secondary N) is 1. The van der Waals surface area contributed by atoms with Crippen molar-refractivity contribution in [1.82, 2.24) is 5.32 Å². The van der Waals surface area contributed by atoms with Gasteiger partial charge in [-0.3, -0.25) is 0 Å². The van der Waals surface area contributed by atoms with Crippen LogP contribution in [0.15, 0.2) is 18.2 Å². The molecule has 0 saturated heterocycles. The summed E-state index contributed by atoms with van der Waals surface area (Å²) in [7, 11) is 5.38. The summed E-state index contributed by atoms with van der Waals surface area (Å²) in [5.41, 5.74) is 2.06. The summed E-state index contributed by atoms with van der Waals surface area (Å²) in [6.45, 7) is 1.53. The molecule has 18 heavy (non-hydrogen) atoms. The number of para-hydroxylation sites is 1. The number of methoxy groups -OCH3 is 1. The number of hydrogen-bond acceptors (Lipinski definition) is 4. The van der Waals surface area contributed by atoms with Gasteiger partial charge in [0.25, 0.3) is 0 Å². The zero-order chi connectivity index (χ0) is 13.5. The third-order valence-corrected chi connectivity index (χ3v) is 2.97. The Balaban J connectivity index is 2.86. The number of ether oxygens (including phenoxy) is 1. The summed E-state index contributed by atoms with van der Waals surface area (Å²) in [6.07, 6.45) is -0.529. The van der Waals surface area contributed by atoms with Crippen molar-refractivity contribution in [2.45, 2.75) is 12.6 Å². The number of hydrogen-bond donors (Lipinski definition) is 2. The molecule has 0 fully saturated rings. The van der Waals surface area contributed by atoms with Gasteiger partial charge in [-0.1, -0.05) is 23.7 Å². The van der Waals surface area contributed by atoms with Crippen molar-refractivity contribution >= 4 is 17.3 Å². The number of halogens is 1. The van der Waals surface area contributed by atoms with E-state index < -0.39 is 6.10 Å². The number of aliphatic hydroxyl groups excluding tert-OH is 1. The van der Waals surface area contributed by atoms with Crippen LogP contribution in [-0.2, 0) is 11.3 Å². The van der Waals surface area contributed by atoms with Crippen LogP contribution in [0, 0.1) is 0 Å². The number of anilines is 1. The van der Waals surface area contributed by atoms with Gasteiger partial charge in [-0.15, -0.1) is 0 Å². The maximum Gasteiger partial charge on any atom is 0.0947 e. The van der Waals surface area contributed by atoms with Crippen molar-refractivity contribution in [3.63, 3.8) is 0 Å². The predicted molar refractivity (Wildman–Crippen MR) is 75.4 cm³/mol. The van der Waals surface area contributed by atoms with Crippen LogP contribution in [0.2, 0.25) is 5.02 Å². The van der Waals surface area contributed by atoms with Crippen LogP contribution in [0.5, 0.6) is 0 Å². The van der Waals surface area contributed by atoms with Crippen LogP contribution >= 0.6 is 11.6 Å². The second-order valence-electron chi connectivity index (χ2n) is 4.27. The third kappa shape index (κ3) is 4.14. The molecular formula is C13H21ClN2O2. The first-order valence-electron chi connectivity index (χ1n) is 5.90. The molecule has 0 heterocycles. The van der Waals surface area contributed by atoms with Gasteiger partial charge in [-0.2, -0.15) is 0 Å². The summed E-state index contributed by atoms with van der Waals surface area (Å²) in [5, 5.41) is 13.6. The van der Waals surface area contributed by atoms with E-state index in [1.54, 1.807) is 7.11 Å². The Labute approximate surface area is 114 Å². The molecule has 5 heteroatoms. The Morgan fingerprint density at radius 2 is 2.22 bits per heavy atom. The van der Waals surface area contributed by atoms with Gasteiger partial charge in [0, 0.05) is 27.2 Å². The first kappa shape index (κ1) is 15.2. The molecule has 1 rings (SSSR count). The molecular weight excluding hydrogens is 252 g/mol. The zero-order valence-corrected chi connectivity index (χ0v) is 11.9. The van der Waals surface area contributed by atoms with Gasteiger partial charge >= 0.3 is 0 Å². The van der Waals surface area contributed by atoms with Crippen LogP contribution < -0.4 is 10.2 Å². The van der Waals surface area contributed by atoms with Crippen molar-refractivity contribution in [1.29, 1.82) is 0 Å². The van der Waals surface area contributed by atoms with Gasteiger partial charge in [0.05, 0.1) is 23.4 Å². The Hall–Kier alpha value is -0.810. The second kappa shape index (κ2) is 7.59. The minimum Gasteiger partial charge on any atom is -0.389 e. The number of rotatable bonds is 7. The summed E-state index contributed by atoms with van der Waals surface area (Å²) in [4.78, 5) is 1.96. The maximum absolute atomic E-state index is 9.77. The minimum atomic E-state index is -0.529. The highest BCUT2D eigenvalue weighted by Gasteiger charge is 2.14. The molecule has 0 aromatic heterocycles. The van der Waals surface area contributed by atoms with Crippen molar-refractivity contribution in [2.75, 3.05) is 39.3 Å². The van der Waals surface area contributed by atoms with Crippen LogP contribution in [0.25, 0.3) is 0 Å².